The van der Waals surface area contributed by atoms with Gasteiger partial charge in [-0.25, -0.2) is 0 Å². The van der Waals surface area contributed by atoms with Crippen molar-refractivity contribution in [3.63, 3.8) is 0 Å². The standard InChI is InChI=1S/C7H10ClNOS/c1-4(10)6(9)7-5(8)2-3-11-7/h2-4,6,10H,9H2,1H3. The lowest BCUT2D eigenvalue weighted by molar-refractivity contribution is 0.165. The molecule has 1 heterocycles. The molecule has 1 aromatic heterocycles. The summed E-state index contributed by atoms with van der Waals surface area (Å²) < 4.78 is 0. The van der Waals surface area contributed by atoms with Crippen LogP contribution < -0.4 is 5.73 Å². The highest BCUT2D eigenvalue weighted by atomic mass is 35.5. The minimum Gasteiger partial charge on any atom is -0.391 e. The van der Waals surface area contributed by atoms with Crippen molar-refractivity contribution >= 4 is 22.9 Å². The van der Waals surface area contributed by atoms with Crippen LogP contribution in [-0.2, 0) is 0 Å². The molecule has 0 amide bonds. The van der Waals surface area contributed by atoms with Gasteiger partial charge in [-0.05, 0) is 18.4 Å². The summed E-state index contributed by atoms with van der Waals surface area (Å²) in [5.41, 5.74) is 5.66. The molecule has 11 heavy (non-hydrogen) atoms. The predicted molar refractivity (Wildman–Crippen MR) is 47.9 cm³/mol. The number of thiophene rings is 1. The lowest BCUT2D eigenvalue weighted by atomic mass is 10.1. The Morgan fingerprint density at radius 1 is 1.73 bits per heavy atom. The van der Waals surface area contributed by atoms with Gasteiger partial charge in [0.1, 0.15) is 0 Å². The highest BCUT2D eigenvalue weighted by molar-refractivity contribution is 7.10. The summed E-state index contributed by atoms with van der Waals surface area (Å²) in [7, 11) is 0. The molecule has 4 heteroatoms. The van der Waals surface area contributed by atoms with Crippen LogP contribution >= 0.6 is 22.9 Å². The molecule has 1 rings (SSSR count). The van der Waals surface area contributed by atoms with Crippen LogP contribution in [0.4, 0.5) is 0 Å². The molecule has 0 saturated carbocycles. The number of rotatable bonds is 2. The van der Waals surface area contributed by atoms with E-state index >= 15 is 0 Å². The maximum Gasteiger partial charge on any atom is 0.0713 e. The van der Waals surface area contributed by atoms with E-state index in [2.05, 4.69) is 0 Å². The van der Waals surface area contributed by atoms with Crippen molar-refractivity contribution < 1.29 is 5.11 Å². The third-order valence-electron chi connectivity index (χ3n) is 1.47. The second-order valence-electron chi connectivity index (χ2n) is 2.40. The molecule has 0 bridgehead atoms. The number of nitrogens with two attached hydrogens (primary N) is 1. The van der Waals surface area contributed by atoms with Gasteiger partial charge in [0.15, 0.2) is 0 Å². The van der Waals surface area contributed by atoms with E-state index in [0.717, 1.165) is 4.88 Å². The fourth-order valence-electron chi connectivity index (χ4n) is 0.762. The first-order chi connectivity index (χ1) is 5.13. The second kappa shape index (κ2) is 3.54. The maximum absolute atomic E-state index is 9.14. The topological polar surface area (TPSA) is 46.2 Å². The molecule has 2 nitrogen and oxygen atoms in total. The van der Waals surface area contributed by atoms with Crippen molar-refractivity contribution in [2.45, 2.75) is 19.1 Å². The van der Waals surface area contributed by atoms with E-state index in [1.165, 1.54) is 11.3 Å². The van der Waals surface area contributed by atoms with Gasteiger partial charge in [-0.3, -0.25) is 0 Å². The van der Waals surface area contributed by atoms with Crippen molar-refractivity contribution in [2.75, 3.05) is 0 Å². The highest BCUT2D eigenvalue weighted by Gasteiger charge is 2.15. The van der Waals surface area contributed by atoms with Crippen LogP contribution in [0.15, 0.2) is 11.4 Å². The summed E-state index contributed by atoms with van der Waals surface area (Å²) in [6.45, 7) is 1.65. The van der Waals surface area contributed by atoms with Gasteiger partial charge in [0, 0.05) is 4.88 Å². The number of hydrogen-bond acceptors (Lipinski definition) is 3. The van der Waals surface area contributed by atoms with Crippen molar-refractivity contribution in [1.82, 2.24) is 0 Å². The van der Waals surface area contributed by atoms with Gasteiger partial charge in [-0.15, -0.1) is 11.3 Å². The molecule has 3 N–H and O–H groups in total. The van der Waals surface area contributed by atoms with E-state index < -0.39 is 6.10 Å². The molecule has 0 aromatic carbocycles. The Morgan fingerprint density at radius 2 is 2.36 bits per heavy atom. The summed E-state index contributed by atoms with van der Waals surface area (Å²) in [6.07, 6.45) is -0.550. The molecule has 2 unspecified atom stereocenters. The monoisotopic (exact) mass is 191 g/mol. The summed E-state index contributed by atoms with van der Waals surface area (Å²) in [6, 6.07) is 1.42. The maximum atomic E-state index is 9.14. The second-order valence-corrected chi connectivity index (χ2v) is 3.75. The average molecular weight is 192 g/mol. The zero-order valence-corrected chi connectivity index (χ0v) is 7.69. The minimum atomic E-state index is -0.550. The molecule has 0 fully saturated rings. The quantitative estimate of drug-likeness (QED) is 0.749. The Bertz CT molecular complexity index is 236. The van der Waals surface area contributed by atoms with Gasteiger partial charge in [-0.2, -0.15) is 0 Å². The zero-order valence-electron chi connectivity index (χ0n) is 6.12. The lowest BCUT2D eigenvalue weighted by Gasteiger charge is -2.12. The Kier molecular flexibility index (Phi) is 2.90. The van der Waals surface area contributed by atoms with E-state index in [9.17, 15) is 0 Å². The summed E-state index contributed by atoms with van der Waals surface area (Å²) in [4.78, 5) is 0.849. The van der Waals surface area contributed by atoms with Crippen molar-refractivity contribution in [1.29, 1.82) is 0 Å². The molecule has 0 saturated heterocycles. The molecule has 0 aliphatic heterocycles. The van der Waals surface area contributed by atoms with E-state index in [0.29, 0.717) is 5.02 Å². The molecule has 0 aliphatic carbocycles. The summed E-state index contributed by atoms with van der Waals surface area (Å²) >= 11 is 7.27. The van der Waals surface area contributed by atoms with E-state index in [-0.39, 0.29) is 6.04 Å². The molecule has 0 spiro atoms. The van der Waals surface area contributed by atoms with Crippen molar-refractivity contribution in [3.05, 3.63) is 21.3 Å². The van der Waals surface area contributed by atoms with Crippen LogP contribution in [0.3, 0.4) is 0 Å². The fourth-order valence-corrected chi connectivity index (χ4v) is 2.05. The van der Waals surface area contributed by atoms with Gasteiger partial charge in [0.2, 0.25) is 0 Å². The van der Waals surface area contributed by atoms with E-state index in [1.54, 1.807) is 13.0 Å². The lowest BCUT2D eigenvalue weighted by Crippen LogP contribution is -2.22. The largest absolute Gasteiger partial charge is 0.391 e. The number of halogens is 1. The first kappa shape index (κ1) is 9.00. The first-order valence-electron chi connectivity index (χ1n) is 3.29. The number of aliphatic hydroxyl groups is 1. The van der Waals surface area contributed by atoms with Crippen LogP contribution in [-0.4, -0.2) is 11.2 Å². The SMILES string of the molecule is CC(O)C(N)c1sccc1Cl. The van der Waals surface area contributed by atoms with Crippen LogP contribution in [0, 0.1) is 0 Å². The van der Waals surface area contributed by atoms with Gasteiger partial charge >= 0.3 is 0 Å². The van der Waals surface area contributed by atoms with Crippen LogP contribution in [0.1, 0.15) is 17.8 Å². The third kappa shape index (κ3) is 1.93. The number of hydrogen-bond donors (Lipinski definition) is 2. The first-order valence-corrected chi connectivity index (χ1v) is 4.55. The van der Waals surface area contributed by atoms with Crippen molar-refractivity contribution in [2.24, 2.45) is 5.73 Å². The predicted octanol–water partition coefficient (Wildman–Crippen LogP) is 1.78. The fraction of sp³-hybridized carbons (Fsp3) is 0.429. The molecule has 0 radical (unpaired) electrons. The molecule has 0 aliphatic rings. The Morgan fingerprint density at radius 3 is 2.73 bits per heavy atom. The molecule has 62 valence electrons. The van der Waals surface area contributed by atoms with E-state index in [1.807, 2.05) is 5.38 Å². The normalized spacial score (nSPS) is 16.4. The van der Waals surface area contributed by atoms with Crippen LogP contribution in [0.25, 0.3) is 0 Å². The molecule has 2 atom stereocenters. The Hall–Kier alpha value is -0.0900. The van der Waals surface area contributed by atoms with E-state index in [4.69, 9.17) is 22.4 Å². The highest BCUT2D eigenvalue weighted by Crippen LogP contribution is 2.28. The zero-order chi connectivity index (χ0) is 8.43. The molecular weight excluding hydrogens is 182 g/mol. The van der Waals surface area contributed by atoms with Crippen molar-refractivity contribution in [3.8, 4) is 0 Å². The van der Waals surface area contributed by atoms with Gasteiger partial charge in [0.05, 0.1) is 17.2 Å². The Balaban J connectivity index is 2.84. The minimum absolute atomic E-state index is 0.359. The van der Waals surface area contributed by atoms with Crippen LogP contribution in [0.2, 0.25) is 5.02 Å². The van der Waals surface area contributed by atoms with Crippen LogP contribution in [0.5, 0.6) is 0 Å². The Labute approximate surface area is 74.6 Å². The third-order valence-corrected chi connectivity index (χ3v) is 2.93. The molecular formula is C7H10ClNOS. The van der Waals surface area contributed by atoms with Gasteiger partial charge < -0.3 is 10.8 Å². The molecule has 1 aromatic rings. The summed E-state index contributed by atoms with van der Waals surface area (Å²) in [5, 5.41) is 11.6. The summed E-state index contributed by atoms with van der Waals surface area (Å²) in [5.74, 6) is 0. The van der Waals surface area contributed by atoms with Gasteiger partial charge in [0.25, 0.3) is 0 Å². The number of aliphatic hydroxyl groups excluding tert-OH is 1. The van der Waals surface area contributed by atoms with Gasteiger partial charge in [-0.1, -0.05) is 11.6 Å². The average Bonchev–Trinajstić information content (AvgIpc) is 2.33. The smallest absolute Gasteiger partial charge is 0.0713 e.